The molecule has 0 bridgehead atoms. The van der Waals surface area contributed by atoms with Crippen LogP contribution in [0.25, 0.3) is 0 Å². The Morgan fingerprint density at radius 3 is 2.00 bits per heavy atom. The first-order valence-corrected chi connectivity index (χ1v) is 6.63. The number of hydrogen-bond acceptors (Lipinski definition) is 1. The zero-order valence-electron chi connectivity index (χ0n) is 10.4. The molecule has 0 aliphatic heterocycles. The number of hydrogen-bond donors (Lipinski definition) is 1. The Morgan fingerprint density at radius 2 is 1.53 bits per heavy atom. The molecular formula is C15H13BrFNO. The van der Waals surface area contributed by atoms with Gasteiger partial charge >= 0.3 is 0 Å². The first kappa shape index (κ1) is 13.7. The van der Waals surface area contributed by atoms with Crippen LogP contribution in [0.4, 0.5) is 4.39 Å². The summed E-state index contributed by atoms with van der Waals surface area (Å²) in [4.78, 5) is 11.3. The summed E-state index contributed by atoms with van der Waals surface area (Å²) >= 11 is 3.37. The zero-order chi connectivity index (χ0) is 13.8. The van der Waals surface area contributed by atoms with E-state index in [4.69, 9.17) is 0 Å². The molecule has 0 heterocycles. The summed E-state index contributed by atoms with van der Waals surface area (Å²) in [5, 5.41) is 2.87. The van der Waals surface area contributed by atoms with E-state index in [0.29, 0.717) is 0 Å². The molecule has 0 saturated heterocycles. The van der Waals surface area contributed by atoms with Gasteiger partial charge in [0.15, 0.2) is 0 Å². The van der Waals surface area contributed by atoms with Gasteiger partial charge in [0.2, 0.25) is 5.91 Å². The molecule has 98 valence electrons. The molecular weight excluding hydrogens is 309 g/mol. The summed E-state index contributed by atoms with van der Waals surface area (Å²) < 4.78 is 13.9. The molecule has 2 aromatic carbocycles. The van der Waals surface area contributed by atoms with Gasteiger partial charge in [-0.2, -0.15) is 0 Å². The van der Waals surface area contributed by atoms with E-state index < -0.39 is 0 Å². The molecule has 0 spiro atoms. The normalized spacial score (nSPS) is 11.9. The van der Waals surface area contributed by atoms with Crippen molar-refractivity contribution in [3.8, 4) is 0 Å². The molecule has 1 amide bonds. The van der Waals surface area contributed by atoms with Crippen LogP contribution in [-0.2, 0) is 4.79 Å². The molecule has 0 fully saturated rings. The fourth-order valence-corrected chi connectivity index (χ4v) is 2.14. The molecule has 4 heteroatoms. The second kappa shape index (κ2) is 5.97. The van der Waals surface area contributed by atoms with Crippen LogP contribution >= 0.6 is 15.9 Å². The highest BCUT2D eigenvalue weighted by Crippen LogP contribution is 2.24. The number of benzene rings is 2. The topological polar surface area (TPSA) is 29.1 Å². The van der Waals surface area contributed by atoms with Crippen molar-refractivity contribution in [2.24, 2.45) is 0 Å². The second-order valence-electron chi connectivity index (χ2n) is 4.24. The molecule has 0 saturated carbocycles. The molecule has 0 aliphatic rings. The molecule has 0 aromatic heterocycles. The maximum Gasteiger partial charge on any atom is 0.217 e. The Labute approximate surface area is 119 Å². The average molecular weight is 322 g/mol. The van der Waals surface area contributed by atoms with Gasteiger partial charge in [0.25, 0.3) is 0 Å². The second-order valence-corrected chi connectivity index (χ2v) is 5.15. The highest BCUT2D eigenvalue weighted by atomic mass is 79.9. The van der Waals surface area contributed by atoms with Crippen LogP contribution < -0.4 is 5.32 Å². The lowest BCUT2D eigenvalue weighted by Crippen LogP contribution is -2.26. The van der Waals surface area contributed by atoms with Crippen molar-refractivity contribution in [1.82, 2.24) is 5.32 Å². The van der Waals surface area contributed by atoms with Crippen molar-refractivity contribution in [1.29, 1.82) is 0 Å². The van der Waals surface area contributed by atoms with Crippen LogP contribution in [0.2, 0.25) is 0 Å². The lowest BCUT2D eigenvalue weighted by Gasteiger charge is -2.19. The predicted molar refractivity (Wildman–Crippen MR) is 76.2 cm³/mol. The monoisotopic (exact) mass is 321 g/mol. The highest BCUT2D eigenvalue weighted by molar-refractivity contribution is 9.10. The van der Waals surface area contributed by atoms with E-state index in [9.17, 15) is 9.18 Å². The number of halogens is 2. The lowest BCUT2D eigenvalue weighted by molar-refractivity contribution is -0.119. The SMILES string of the molecule is CC(=O)NC(c1ccc(F)cc1)c1ccc(Br)cc1. The van der Waals surface area contributed by atoms with Gasteiger partial charge in [0, 0.05) is 11.4 Å². The first-order chi connectivity index (χ1) is 9.06. The standard InChI is InChI=1S/C15H13BrFNO/c1-10(19)18-15(11-2-6-13(16)7-3-11)12-4-8-14(17)9-5-12/h2-9,15H,1H3,(H,18,19). The maximum absolute atomic E-state index is 13.0. The van der Waals surface area contributed by atoms with Crippen molar-refractivity contribution >= 4 is 21.8 Å². The molecule has 1 atom stereocenters. The molecule has 2 rings (SSSR count). The van der Waals surface area contributed by atoms with Gasteiger partial charge in [-0.1, -0.05) is 40.2 Å². The number of nitrogens with one attached hydrogen (secondary N) is 1. The molecule has 19 heavy (non-hydrogen) atoms. The van der Waals surface area contributed by atoms with Gasteiger partial charge in [0.05, 0.1) is 6.04 Å². The third-order valence-electron chi connectivity index (χ3n) is 2.75. The van der Waals surface area contributed by atoms with Crippen LogP contribution in [0.3, 0.4) is 0 Å². The highest BCUT2D eigenvalue weighted by Gasteiger charge is 2.15. The quantitative estimate of drug-likeness (QED) is 0.915. The van der Waals surface area contributed by atoms with E-state index in [1.54, 1.807) is 12.1 Å². The predicted octanol–water partition coefficient (Wildman–Crippen LogP) is 3.81. The minimum Gasteiger partial charge on any atom is -0.345 e. The van der Waals surface area contributed by atoms with Crippen LogP contribution in [-0.4, -0.2) is 5.91 Å². The summed E-state index contributed by atoms with van der Waals surface area (Å²) in [7, 11) is 0. The Morgan fingerprint density at radius 1 is 1.05 bits per heavy atom. The third-order valence-corrected chi connectivity index (χ3v) is 3.28. The van der Waals surface area contributed by atoms with Gasteiger partial charge in [-0.3, -0.25) is 4.79 Å². The van der Waals surface area contributed by atoms with Crippen LogP contribution in [0.1, 0.15) is 24.1 Å². The van der Waals surface area contributed by atoms with E-state index in [-0.39, 0.29) is 17.8 Å². The fourth-order valence-electron chi connectivity index (χ4n) is 1.87. The maximum atomic E-state index is 13.0. The molecule has 2 nitrogen and oxygen atoms in total. The van der Waals surface area contributed by atoms with Crippen molar-refractivity contribution in [3.63, 3.8) is 0 Å². The molecule has 0 radical (unpaired) electrons. The molecule has 1 unspecified atom stereocenters. The van der Waals surface area contributed by atoms with Crippen LogP contribution in [0, 0.1) is 5.82 Å². The minimum atomic E-state index is -0.291. The van der Waals surface area contributed by atoms with Crippen molar-refractivity contribution < 1.29 is 9.18 Å². The van der Waals surface area contributed by atoms with Crippen molar-refractivity contribution in [2.45, 2.75) is 13.0 Å². The third kappa shape index (κ3) is 3.64. The average Bonchev–Trinajstić information content (AvgIpc) is 2.38. The Hall–Kier alpha value is -1.68. The Bertz CT molecular complexity index is 520. The fraction of sp³-hybridized carbons (Fsp3) is 0.133. The zero-order valence-corrected chi connectivity index (χ0v) is 11.9. The van der Waals surface area contributed by atoms with Crippen molar-refractivity contribution in [3.05, 3.63) is 69.9 Å². The largest absolute Gasteiger partial charge is 0.345 e. The summed E-state index contributed by atoms with van der Waals surface area (Å²) in [6, 6.07) is 13.5. The number of carbonyl (C=O) groups is 1. The van der Waals surface area contributed by atoms with E-state index in [2.05, 4.69) is 21.2 Å². The van der Waals surface area contributed by atoms with E-state index >= 15 is 0 Å². The van der Waals surface area contributed by atoms with Gasteiger partial charge in [-0.15, -0.1) is 0 Å². The molecule has 2 aromatic rings. The van der Waals surface area contributed by atoms with Crippen LogP contribution in [0.5, 0.6) is 0 Å². The Kier molecular flexibility index (Phi) is 4.32. The van der Waals surface area contributed by atoms with Gasteiger partial charge in [-0.25, -0.2) is 4.39 Å². The van der Waals surface area contributed by atoms with E-state index in [1.165, 1.54) is 19.1 Å². The summed E-state index contributed by atoms with van der Waals surface area (Å²) in [5.41, 5.74) is 1.80. The van der Waals surface area contributed by atoms with Gasteiger partial charge in [-0.05, 0) is 35.4 Å². The number of amides is 1. The molecule has 0 aliphatic carbocycles. The van der Waals surface area contributed by atoms with Crippen LogP contribution in [0.15, 0.2) is 53.0 Å². The van der Waals surface area contributed by atoms with Gasteiger partial charge < -0.3 is 5.32 Å². The summed E-state index contributed by atoms with van der Waals surface area (Å²) in [6.45, 7) is 1.47. The first-order valence-electron chi connectivity index (χ1n) is 5.84. The number of carbonyl (C=O) groups excluding carboxylic acids is 1. The Balaban J connectivity index is 2.37. The van der Waals surface area contributed by atoms with E-state index in [0.717, 1.165) is 15.6 Å². The van der Waals surface area contributed by atoms with Gasteiger partial charge in [0.1, 0.15) is 5.82 Å². The summed E-state index contributed by atoms with van der Waals surface area (Å²) in [6.07, 6.45) is 0. The molecule has 1 N–H and O–H groups in total. The smallest absolute Gasteiger partial charge is 0.217 e. The van der Waals surface area contributed by atoms with Crippen molar-refractivity contribution in [2.75, 3.05) is 0 Å². The minimum absolute atomic E-state index is 0.128. The van der Waals surface area contributed by atoms with E-state index in [1.807, 2.05) is 24.3 Å². The lowest BCUT2D eigenvalue weighted by atomic mass is 9.98. The number of rotatable bonds is 3. The summed E-state index contributed by atoms with van der Waals surface area (Å²) in [5.74, 6) is -0.418.